The molecule has 1 aromatic carbocycles. The van der Waals surface area contributed by atoms with E-state index >= 15 is 0 Å². The van der Waals surface area contributed by atoms with E-state index in [0.29, 0.717) is 11.4 Å². The summed E-state index contributed by atoms with van der Waals surface area (Å²) < 4.78 is 5.57. The molecule has 0 saturated heterocycles. The van der Waals surface area contributed by atoms with Gasteiger partial charge in [-0.1, -0.05) is 40.7 Å². The minimum atomic E-state index is -0.187. The lowest BCUT2D eigenvalue weighted by Gasteiger charge is -2.31. The summed E-state index contributed by atoms with van der Waals surface area (Å²) in [4.78, 5) is 29.0. The Labute approximate surface area is 175 Å². The summed E-state index contributed by atoms with van der Waals surface area (Å²) in [5.41, 5.74) is 1.73. The first-order valence-electron chi connectivity index (χ1n) is 10.7. The van der Waals surface area contributed by atoms with E-state index in [4.69, 9.17) is 4.74 Å². The lowest BCUT2D eigenvalue weighted by molar-refractivity contribution is -0.125. The largest absolute Gasteiger partial charge is 0.482 e. The predicted octanol–water partition coefficient (Wildman–Crippen LogP) is 3.34. The van der Waals surface area contributed by atoms with Gasteiger partial charge in [0, 0.05) is 6.04 Å². The molecule has 1 heterocycles. The third-order valence-corrected chi connectivity index (χ3v) is 5.48. The average molecular weight is 404 g/mol. The number of anilines is 1. The highest BCUT2D eigenvalue weighted by atomic mass is 16.5. The van der Waals surface area contributed by atoms with Gasteiger partial charge in [0.15, 0.2) is 6.61 Å². The molecule has 6 nitrogen and oxygen atoms in total. The van der Waals surface area contributed by atoms with Crippen LogP contribution in [0.15, 0.2) is 18.2 Å². The van der Waals surface area contributed by atoms with Crippen LogP contribution >= 0.6 is 0 Å². The standard InChI is InChI=1S/C23H37N3O3/c1-7-25(8-2)13-9-10-17(3)24-21(27)15-26-19-14-18(23(4,5)6)11-12-20(19)29-16-22(26)28/h11-12,14,17H,7-10,13,15-16H2,1-6H3,(H,24,27). The highest BCUT2D eigenvalue weighted by Gasteiger charge is 2.29. The Kier molecular flexibility index (Phi) is 8.08. The van der Waals surface area contributed by atoms with Crippen LogP contribution in [0, 0.1) is 0 Å². The van der Waals surface area contributed by atoms with Gasteiger partial charge in [-0.05, 0) is 62.5 Å². The summed E-state index contributed by atoms with van der Waals surface area (Å²) in [5.74, 6) is 0.327. The second-order valence-corrected chi connectivity index (χ2v) is 8.84. The van der Waals surface area contributed by atoms with Crippen LogP contribution in [0.1, 0.15) is 59.9 Å². The maximum atomic E-state index is 12.6. The first-order valence-corrected chi connectivity index (χ1v) is 10.7. The Morgan fingerprint density at radius 2 is 1.97 bits per heavy atom. The van der Waals surface area contributed by atoms with Crippen LogP contribution < -0.4 is 15.0 Å². The molecular formula is C23H37N3O3. The van der Waals surface area contributed by atoms with Gasteiger partial charge in [0.25, 0.3) is 5.91 Å². The number of hydrogen-bond donors (Lipinski definition) is 1. The molecule has 1 atom stereocenters. The fraction of sp³-hybridized carbons (Fsp3) is 0.652. The zero-order valence-corrected chi connectivity index (χ0v) is 18.9. The first kappa shape index (κ1) is 23.2. The zero-order chi connectivity index (χ0) is 21.6. The van der Waals surface area contributed by atoms with Gasteiger partial charge >= 0.3 is 0 Å². The molecule has 1 aliphatic rings. The number of nitrogens with zero attached hydrogens (tertiary/aromatic N) is 2. The molecular weight excluding hydrogens is 366 g/mol. The van der Waals surface area contributed by atoms with Crippen molar-refractivity contribution in [2.24, 2.45) is 0 Å². The van der Waals surface area contributed by atoms with E-state index in [2.05, 4.69) is 44.8 Å². The van der Waals surface area contributed by atoms with E-state index < -0.39 is 0 Å². The number of benzene rings is 1. The summed E-state index contributed by atoms with van der Waals surface area (Å²) >= 11 is 0. The van der Waals surface area contributed by atoms with Gasteiger partial charge < -0.3 is 15.0 Å². The number of amides is 2. The number of rotatable bonds is 9. The smallest absolute Gasteiger partial charge is 0.265 e. The van der Waals surface area contributed by atoms with Gasteiger partial charge in [-0.25, -0.2) is 0 Å². The molecule has 0 fully saturated rings. The average Bonchev–Trinajstić information content (AvgIpc) is 2.66. The van der Waals surface area contributed by atoms with Gasteiger partial charge in [0.2, 0.25) is 5.91 Å². The molecule has 0 bridgehead atoms. The van der Waals surface area contributed by atoms with Crippen LogP contribution in [-0.2, 0) is 15.0 Å². The van der Waals surface area contributed by atoms with E-state index in [0.717, 1.165) is 38.0 Å². The lowest BCUT2D eigenvalue weighted by atomic mass is 9.86. The lowest BCUT2D eigenvalue weighted by Crippen LogP contribution is -2.47. The van der Waals surface area contributed by atoms with Crippen molar-refractivity contribution in [1.29, 1.82) is 0 Å². The minimum Gasteiger partial charge on any atom is -0.482 e. The predicted molar refractivity (Wildman–Crippen MR) is 118 cm³/mol. The summed E-state index contributed by atoms with van der Waals surface area (Å²) in [6.45, 7) is 15.8. The molecule has 6 heteroatoms. The minimum absolute atomic E-state index is 0.0170. The third-order valence-electron chi connectivity index (χ3n) is 5.48. The van der Waals surface area contributed by atoms with E-state index in [-0.39, 0.29) is 36.4 Å². The van der Waals surface area contributed by atoms with E-state index in [9.17, 15) is 9.59 Å². The second-order valence-electron chi connectivity index (χ2n) is 8.84. The van der Waals surface area contributed by atoms with Crippen LogP contribution in [0.25, 0.3) is 0 Å². The van der Waals surface area contributed by atoms with Crippen LogP contribution in [-0.4, -0.2) is 55.5 Å². The molecule has 0 saturated carbocycles. The molecule has 0 aromatic heterocycles. The first-order chi connectivity index (χ1) is 13.7. The molecule has 0 radical (unpaired) electrons. The summed E-state index contributed by atoms with van der Waals surface area (Å²) in [7, 11) is 0. The van der Waals surface area contributed by atoms with E-state index in [1.165, 1.54) is 0 Å². The van der Waals surface area contributed by atoms with Gasteiger partial charge in [-0.15, -0.1) is 0 Å². The topological polar surface area (TPSA) is 61.9 Å². The molecule has 2 rings (SSSR count). The Bertz CT molecular complexity index is 708. The Hall–Kier alpha value is -2.08. The van der Waals surface area contributed by atoms with Crippen molar-refractivity contribution in [1.82, 2.24) is 10.2 Å². The summed E-state index contributed by atoms with van der Waals surface area (Å²) in [6, 6.07) is 5.95. The molecule has 1 N–H and O–H groups in total. The van der Waals surface area contributed by atoms with Crippen LogP contribution in [0.2, 0.25) is 0 Å². The number of carbonyl (C=O) groups excluding carboxylic acids is 2. The zero-order valence-electron chi connectivity index (χ0n) is 18.9. The molecule has 0 spiro atoms. The number of nitrogens with one attached hydrogen (secondary N) is 1. The number of ether oxygens (including phenoxy) is 1. The monoisotopic (exact) mass is 403 g/mol. The Balaban J connectivity index is 1.99. The van der Waals surface area contributed by atoms with Gasteiger partial charge in [-0.3, -0.25) is 14.5 Å². The van der Waals surface area contributed by atoms with Gasteiger partial charge in [0.1, 0.15) is 12.3 Å². The second kappa shape index (κ2) is 10.1. The number of fused-ring (bicyclic) bond motifs is 1. The molecule has 162 valence electrons. The van der Waals surface area contributed by atoms with E-state index in [1.807, 2.05) is 25.1 Å². The Morgan fingerprint density at radius 1 is 1.28 bits per heavy atom. The summed E-state index contributed by atoms with van der Waals surface area (Å²) in [6.07, 6.45) is 1.96. The SMILES string of the molecule is CCN(CC)CCCC(C)NC(=O)CN1C(=O)COc2ccc(C(C)(C)C)cc21. The van der Waals surface area contributed by atoms with Crippen molar-refractivity contribution < 1.29 is 14.3 Å². The molecule has 1 aromatic rings. The molecule has 0 aliphatic carbocycles. The van der Waals surface area contributed by atoms with Crippen molar-refractivity contribution in [3.63, 3.8) is 0 Å². The quantitative estimate of drug-likeness (QED) is 0.687. The molecule has 1 unspecified atom stereocenters. The van der Waals surface area contributed by atoms with Crippen LogP contribution in [0.5, 0.6) is 5.75 Å². The van der Waals surface area contributed by atoms with E-state index in [1.54, 1.807) is 4.90 Å². The number of carbonyl (C=O) groups is 2. The van der Waals surface area contributed by atoms with Gasteiger partial charge in [0.05, 0.1) is 5.69 Å². The fourth-order valence-corrected chi connectivity index (χ4v) is 3.54. The Morgan fingerprint density at radius 3 is 2.59 bits per heavy atom. The van der Waals surface area contributed by atoms with Crippen molar-refractivity contribution in [2.75, 3.05) is 37.7 Å². The highest BCUT2D eigenvalue weighted by Crippen LogP contribution is 2.36. The maximum absolute atomic E-state index is 12.6. The van der Waals surface area contributed by atoms with Gasteiger partial charge in [-0.2, -0.15) is 0 Å². The van der Waals surface area contributed by atoms with Crippen LogP contribution in [0.4, 0.5) is 5.69 Å². The summed E-state index contributed by atoms with van der Waals surface area (Å²) in [5, 5.41) is 3.04. The van der Waals surface area contributed by atoms with Crippen LogP contribution in [0.3, 0.4) is 0 Å². The van der Waals surface area contributed by atoms with Crippen molar-refractivity contribution in [2.45, 2.75) is 65.8 Å². The normalized spacial score (nSPS) is 15.1. The molecule has 2 amide bonds. The highest BCUT2D eigenvalue weighted by molar-refractivity contribution is 6.02. The number of hydrogen-bond acceptors (Lipinski definition) is 4. The van der Waals surface area contributed by atoms with Crippen molar-refractivity contribution in [3.8, 4) is 5.75 Å². The maximum Gasteiger partial charge on any atom is 0.265 e. The molecule has 29 heavy (non-hydrogen) atoms. The van der Waals surface area contributed by atoms with Crippen molar-refractivity contribution >= 4 is 17.5 Å². The fourth-order valence-electron chi connectivity index (χ4n) is 3.54. The molecule has 1 aliphatic heterocycles. The van der Waals surface area contributed by atoms with Crippen molar-refractivity contribution in [3.05, 3.63) is 23.8 Å². The third kappa shape index (κ3) is 6.46.